The number of carbonyl (C=O) groups excluding carboxylic acids is 1. The van der Waals surface area contributed by atoms with Crippen LogP contribution < -0.4 is 4.90 Å². The molecule has 0 aliphatic heterocycles. The van der Waals surface area contributed by atoms with Crippen molar-refractivity contribution in [3.63, 3.8) is 0 Å². The quantitative estimate of drug-likeness (QED) is 0.477. The van der Waals surface area contributed by atoms with E-state index in [2.05, 4.69) is 5.92 Å². The first kappa shape index (κ1) is 17.4. The number of esters is 1. The highest BCUT2D eigenvalue weighted by atomic mass is 16.5. The predicted molar refractivity (Wildman–Crippen MR) is 98.7 cm³/mol. The SMILES string of the molecule is C#C/C(C(=O)OCC)=C(\c1ccccc1)c1ccc(N(C)C)cc1. The predicted octanol–water partition coefficient (Wildman–Crippen LogP) is 3.75. The number of hydrogen-bond acceptors (Lipinski definition) is 3. The first-order valence-electron chi connectivity index (χ1n) is 7.79. The van der Waals surface area contributed by atoms with Crippen molar-refractivity contribution < 1.29 is 9.53 Å². The fourth-order valence-corrected chi connectivity index (χ4v) is 2.42. The van der Waals surface area contributed by atoms with Crippen LogP contribution in [0.25, 0.3) is 5.57 Å². The molecule has 0 N–H and O–H groups in total. The molecule has 0 saturated carbocycles. The lowest BCUT2D eigenvalue weighted by Crippen LogP contribution is -2.10. The third kappa shape index (κ3) is 3.85. The molecule has 0 spiro atoms. The summed E-state index contributed by atoms with van der Waals surface area (Å²) in [5, 5.41) is 0. The highest BCUT2D eigenvalue weighted by Gasteiger charge is 2.18. The average molecular weight is 319 g/mol. The molecule has 0 heterocycles. The van der Waals surface area contributed by atoms with Gasteiger partial charge >= 0.3 is 5.97 Å². The number of ether oxygens (including phenoxy) is 1. The minimum Gasteiger partial charge on any atom is -0.462 e. The first-order valence-corrected chi connectivity index (χ1v) is 7.79. The van der Waals surface area contributed by atoms with Gasteiger partial charge in [-0.15, -0.1) is 6.42 Å². The summed E-state index contributed by atoms with van der Waals surface area (Å²) in [7, 11) is 3.96. The summed E-state index contributed by atoms with van der Waals surface area (Å²) in [5.41, 5.74) is 3.79. The Kier molecular flexibility index (Phi) is 5.81. The van der Waals surface area contributed by atoms with Crippen LogP contribution in [0, 0.1) is 12.3 Å². The van der Waals surface area contributed by atoms with Crippen molar-refractivity contribution in [2.75, 3.05) is 25.6 Å². The Balaban J connectivity index is 2.63. The van der Waals surface area contributed by atoms with Gasteiger partial charge in [0.1, 0.15) is 5.57 Å². The number of nitrogens with zero attached hydrogens (tertiary/aromatic N) is 1. The van der Waals surface area contributed by atoms with Gasteiger partial charge in [-0.2, -0.15) is 0 Å². The molecule has 0 radical (unpaired) electrons. The van der Waals surface area contributed by atoms with Crippen molar-refractivity contribution in [3.8, 4) is 12.3 Å². The van der Waals surface area contributed by atoms with Crippen LogP contribution >= 0.6 is 0 Å². The molecule has 0 aliphatic rings. The third-order valence-corrected chi connectivity index (χ3v) is 3.61. The van der Waals surface area contributed by atoms with Gasteiger partial charge in [-0.25, -0.2) is 4.79 Å². The standard InChI is InChI=1S/C21H21NO2/c1-5-19(21(23)24-6-2)20(16-10-8-7-9-11-16)17-12-14-18(15-13-17)22(3)4/h1,7-15H,6H2,2-4H3/b20-19-. The van der Waals surface area contributed by atoms with Gasteiger partial charge in [0.2, 0.25) is 0 Å². The van der Waals surface area contributed by atoms with Crippen molar-refractivity contribution in [2.45, 2.75) is 6.92 Å². The summed E-state index contributed by atoms with van der Waals surface area (Å²) in [5.74, 6) is 2.04. The van der Waals surface area contributed by atoms with Crippen LogP contribution in [0.4, 0.5) is 5.69 Å². The number of hydrogen-bond donors (Lipinski definition) is 0. The molecule has 0 aliphatic carbocycles. The summed E-state index contributed by atoms with van der Waals surface area (Å²) >= 11 is 0. The molecule has 3 nitrogen and oxygen atoms in total. The summed E-state index contributed by atoms with van der Waals surface area (Å²) in [6.07, 6.45) is 5.64. The highest BCUT2D eigenvalue weighted by molar-refractivity contribution is 6.05. The van der Waals surface area contributed by atoms with E-state index in [1.54, 1.807) is 6.92 Å². The maximum Gasteiger partial charge on any atom is 0.347 e. The van der Waals surface area contributed by atoms with Crippen LogP contribution in [0.1, 0.15) is 18.1 Å². The number of benzene rings is 2. The highest BCUT2D eigenvalue weighted by Crippen LogP contribution is 2.29. The van der Waals surface area contributed by atoms with Gasteiger partial charge in [0.05, 0.1) is 6.61 Å². The van der Waals surface area contributed by atoms with Crippen molar-refractivity contribution >= 4 is 17.2 Å². The molecule has 24 heavy (non-hydrogen) atoms. The van der Waals surface area contributed by atoms with Gasteiger partial charge in [0.15, 0.2) is 0 Å². The van der Waals surface area contributed by atoms with E-state index in [1.165, 1.54) is 0 Å². The van der Waals surface area contributed by atoms with E-state index in [0.717, 1.165) is 16.8 Å². The molecule has 3 heteroatoms. The molecule has 0 aromatic heterocycles. The molecule has 0 saturated heterocycles. The number of rotatable bonds is 5. The van der Waals surface area contributed by atoms with Crippen LogP contribution in [-0.4, -0.2) is 26.7 Å². The molecule has 2 aromatic carbocycles. The summed E-state index contributed by atoms with van der Waals surface area (Å²) in [6.45, 7) is 2.05. The molecule has 0 atom stereocenters. The lowest BCUT2D eigenvalue weighted by atomic mass is 9.93. The Morgan fingerprint density at radius 3 is 2.12 bits per heavy atom. The topological polar surface area (TPSA) is 29.5 Å². The van der Waals surface area contributed by atoms with Gasteiger partial charge in [0, 0.05) is 25.4 Å². The van der Waals surface area contributed by atoms with Gasteiger partial charge in [-0.1, -0.05) is 48.4 Å². The van der Waals surface area contributed by atoms with E-state index < -0.39 is 5.97 Å². The zero-order valence-corrected chi connectivity index (χ0v) is 14.2. The van der Waals surface area contributed by atoms with Gasteiger partial charge in [0.25, 0.3) is 0 Å². The van der Waals surface area contributed by atoms with E-state index in [0.29, 0.717) is 5.57 Å². The van der Waals surface area contributed by atoms with Crippen molar-refractivity contribution in [1.82, 2.24) is 0 Å². The molecule has 0 fully saturated rings. The number of terminal acetylenes is 1. The Morgan fingerprint density at radius 2 is 1.62 bits per heavy atom. The summed E-state index contributed by atoms with van der Waals surface area (Å²) in [6, 6.07) is 17.6. The Morgan fingerprint density at radius 1 is 1.04 bits per heavy atom. The fraction of sp³-hybridized carbons (Fsp3) is 0.190. The monoisotopic (exact) mass is 319 g/mol. The molecule has 0 amide bonds. The van der Waals surface area contributed by atoms with Crippen LogP contribution in [0.3, 0.4) is 0 Å². The molecular weight excluding hydrogens is 298 g/mol. The molecule has 122 valence electrons. The van der Waals surface area contributed by atoms with Crippen molar-refractivity contribution in [3.05, 3.63) is 71.3 Å². The number of anilines is 1. The zero-order chi connectivity index (χ0) is 17.5. The lowest BCUT2D eigenvalue weighted by molar-refractivity contribution is -0.137. The van der Waals surface area contributed by atoms with Crippen LogP contribution in [0.15, 0.2) is 60.2 Å². The van der Waals surface area contributed by atoms with Crippen LogP contribution in [0.5, 0.6) is 0 Å². The summed E-state index contributed by atoms with van der Waals surface area (Å²) < 4.78 is 5.13. The van der Waals surface area contributed by atoms with Gasteiger partial charge < -0.3 is 9.64 Å². The van der Waals surface area contributed by atoms with Crippen LogP contribution in [0.2, 0.25) is 0 Å². The largest absolute Gasteiger partial charge is 0.462 e. The maximum absolute atomic E-state index is 12.3. The second kappa shape index (κ2) is 8.03. The minimum atomic E-state index is -0.476. The van der Waals surface area contributed by atoms with Crippen molar-refractivity contribution in [1.29, 1.82) is 0 Å². The molecule has 2 aromatic rings. The Bertz CT molecular complexity index is 766. The molecule has 0 unspecified atom stereocenters. The molecule has 2 rings (SSSR count). The minimum absolute atomic E-state index is 0.237. The molecular formula is C21H21NO2. The van der Waals surface area contributed by atoms with E-state index in [9.17, 15) is 4.79 Å². The zero-order valence-electron chi connectivity index (χ0n) is 14.2. The second-order valence-corrected chi connectivity index (χ2v) is 5.42. The smallest absolute Gasteiger partial charge is 0.347 e. The van der Waals surface area contributed by atoms with E-state index in [-0.39, 0.29) is 12.2 Å². The lowest BCUT2D eigenvalue weighted by Gasteiger charge is -2.15. The Labute approximate surface area is 143 Å². The summed E-state index contributed by atoms with van der Waals surface area (Å²) in [4.78, 5) is 14.3. The number of carbonyl (C=O) groups is 1. The fourth-order valence-electron chi connectivity index (χ4n) is 2.42. The van der Waals surface area contributed by atoms with Gasteiger partial charge in [-0.05, 0) is 30.2 Å². The molecule has 0 bridgehead atoms. The maximum atomic E-state index is 12.3. The van der Waals surface area contributed by atoms with Gasteiger partial charge in [-0.3, -0.25) is 0 Å². The Hall–Kier alpha value is -2.99. The van der Waals surface area contributed by atoms with E-state index in [4.69, 9.17) is 11.2 Å². The normalized spacial score (nSPS) is 11.2. The second-order valence-electron chi connectivity index (χ2n) is 5.42. The average Bonchev–Trinajstić information content (AvgIpc) is 2.60. The van der Waals surface area contributed by atoms with Crippen LogP contribution in [-0.2, 0) is 9.53 Å². The van der Waals surface area contributed by atoms with Crippen molar-refractivity contribution in [2.24, 2.45) is 0 Å². The van der Waals surface area contributed by atoms with E-state index >= 15 is 0 Å². The first-order chi connectivity index (χ1) is 11.6. The third-order valence-electron chi connectivity index (χ3n) is 3.61. The van der Waals surface area contributed by atoms with E-state index in [1.807, 2.05) is 73.6 Å².